The molecule has 0 spiro atoms. The maximum Gasteiger partial charge on any atom is 0.230 e. The first-order chi connectivity index (χ1) is 9.90. The Hall–Kier alpha value is -0.710. The summed E-state index contributed by atoms with van der Waals surface area (Å²) < 4.78 is 0. The van der Waals surface area contributed by atoms with E-state index in [0.29, 0.717) is 18.2 Å². The minimum absolute atomic E-state index is 0. The Morgan fingerprint density at radius 3 is 2.36 bits per heavy atom. The predicted octanol–water partition coefficient (Wildman–Crippen LogP) is 3.35. The monoisotopic (exact) mass is 342 g/mol. The second kappa shape index (κ2) is 8.23. The van der Waals surface area contributed by atoms with Crippen molar-refractivity contribution in [3.63, 3.8) is 0 Å². The van der Waals surface area contributed by atoms with E-state index in [1.807, 2.05) is 0 Å². The second-order valence-electron chi connectivity index (χ2n) is 6.81. The van der Waals surface area contributed by atoms with E-state index in [-0.39, 0.29) is 29.8 Å². The molecule has 124 valence electrons. The lowest BCUT2D eigenvalue weighted by atomic mass is 9.87. The van der Waals surface area contributed by atoms with Gasteiger partial charge in [0.2, 0.25) is 5.91 Å². The zero-order valence-electron chi connectivity index (χ0n) is 13.6. The molecule has 0 bridgehead atoms. The first-order valence-corrected chi connectivity index (χ1v) is 8.61. The van der Waals surface area contributed by atoms with Gasteiger partial charge in [0.1, 0.15) is 0 Å². The van der Waals surface area contributed by atoms with Crippen LogP contribution in [0.2, 0.25) is 0 Å². The zero-order valence-corrected chi connectivity index (χ0v) is 15.2. The van der Waals surface area contributed by atoms with Gasteiger partial charge in [0.25, 0.3) is 0 Å². The number of halogens is 1. The fraction of sp³-hybridized carbons (Fsp3) is 0.588. The molecule has 1 fully saturated rings. The van der Waals surface area contributed by atoms with Crippen LogP contribution in [0, 0.1) is 5.92 Å². The van der Waals surface area contributed by atoms with Crippen LogP contribution in [-0.4, -0.2) is 24.2 Å². The fourth-order valence-corrected chi connectivity index (χ4v) is 3.03. The van der Waals surface area contributed by atoms with Crippen molar-refractivity contribution in [3.8, 4) is 0 Å². The van der Waals surface area contributed by atoms with Gasteiger partial charge >= 0.3 is 0 Å². The number of rotatable bonds is 6. The van der Waals surface area contributed by atoms with Crippen LogP contribution in [0.25, 0.3) is 0 Å². The smallest absolute Gasteiger partial charge is 0.230 e. The van der Waals surface area contributed by atoms with Crippen molar-refractivity contribution in [2.45, 2.75) is 50.0 Å². The van der Waals surface area contributed by atoms with Gasteiger partial charge in [-0.2, -0.15) is 0 Å². The summed E-state index contributed by atoms with van der Waals surface area (Å²) >= 11 is 1.58. The average molecular weight is 343 g/mol. The normalized spacial score (nSPS) is 15.8. The number of nitrogens with one attached hydrogen (secondary N) is 1. The lowest BCUT2D eigenvalue weighted by molar-refractivity contribution is -0.119. The van der Waals surface area contributed by atoms with Crippen molar-refractivity contribution in [1.82, 2.24) is 5.32 Å². The van der Waals surface area contributed by atoms with Crippen LogP contribution < -0.4 is 11.1 Å². The van der Waals surface area contributed by atoms with Crippen LogP contribution in [0.4, 0.5) is 0 Å². The van der Waals surface area contributed by atoms with E-state index in [1.54, 1.807) is 11.8 Å². The second-order valence-corrected chi connectivity index (χ2v) is 7.86. The standard InChI is InChI=1S/C17H26N2OS.ClH/c1-17(2,3)13-6-8-14(9-7-13)21-11-16(20)19-15(10-18)12-4-5-12;/h6-9,12,15H,4-5,10-11,18H2,1-3H3,(H,19,20);1H. The van der Waals surface area contributed by atoms with Crippen LogP contribution in [0.15, 0.2) is 29.2 Å². The summed E-state index contributed by atoms with van der Waals surface area (Å²) in [6, 6.07) is 8.65. The molecule has 2 rings (SSSR count). The molecule has 1 amide bonds. The number of hydrogen-bond acceptors (Lipinski definition) is 3. The molecule has 0 radical (unpaired) electrons. The van der Waals surface area contributed by atoms with Crippen molar-refractivity contribution >= 4 is 30.1 Å². The van der Waals surface area contributed by atoms with Crippen LogP contribution in [0.5, 0.6) is 0 Å². The molecular formula is C17H27ClN2OS. The van der Waals surface area contributed by atoms with E-state index in [0.717, 1.165) is 4.90 Å². The topological polar surface area (TPSA) is 55.1 Å². The number of carbonyl (C=O) groups excluding carboxylic acids is 1. The summed E-state index contributed by atoms with van der Waals surface area (Å²) in [6.07, 6.45) is 2.40. The van der Waals surface area contributed by atoms with Crippen molar-refractivity contribution in [1.29, 1.82) is 0 Å². The number of amides is 1. The predicted molar refractivity (Wildman–Crippen MR) is 96.8 cm³/mol. The highest BCUT2D eigenvalue weighted by molar-refractivity contribution is 8.00. The number of benzene rings is 1. The first kappa shape index (κ1) is 19.3. The lowest BCUT2D eigenvalue weighted by Gasteiger charge is -2.19. The highest BCUT2D eigenvalue weighted by Gasteiger charge is 2.31. The van der Waals surface area contributed by atoms with Gasteiger partial charge in [-0.05, 0) is 41.9 Å². The summed E-state index contributed by atoms with van der Waals surface area (Å²) in [6.45, 7) is 7.15. The molecule has 0 aliphatic heterocycles. The Balaban J connectivity index is 0.00000242. The van der Waals surface area contributed by atoms with Gasteiger partial charge in [-0.25, -0.2) is 0 Å². The lowest BCUT2D eigenvalue weighted by Crippen LogP contribution is -2.42. The van der Waals surface area contributed by atoms with E-state index >= 15 is 0 Å². The van der Waals surface area contributed by atoms with Gasteiger partial charge in [-0.3, -0.25) is 4.79 Å². The Kier molecular flexibility index (Phi) is 7.23. The van der Waals surface area contributed by atoms with E-state index < -0.39 is 0 Å². The van der Waals surface area contributed by atoms with Gasteiger partial charge < -0.3 is 11.1 Å². The summed E-state index contributed by atoms with van der Waals surface area (Å²) in [7, 11) is 0. The van der Waals surface area contributed by atoms with Gasteiger partial charge in [0, 0.05) is 17.5 Å². The molecule has 0 heterocycles. The van der Waals surface area contributed by atoms with Crippen LogP contribution in [0.1, 0.15) is 39.2 Å². The summed E-state index contributed by atoms with van der Waals surface area (Å²) in [4.78, 5) is 13.1. The number of hydrogen-bond donors (Lipinski definition) is 2. The Labute approximate surface area is 144 Å². The molecule has 0 saturated heterocycles. The molecule has 1 saturated carbocycles. The molecule has 5 heteroatoms. The molecule has 1 aliphatic carbocycles. The third-order valence-electron chi connectivity index (χ3n) is 3.88. The Bertz CT molecular complexity index is 480. The van der Waals surface area contributed by atoms with Crippen molar-refractivity contribution in [3.05, 3.63) is 29.8 Å². The molecule has 3 nitrogen and oxygen atoms in total. The molecule has 1 aromatic rings. The number of nitrogens with two attached hydrogens (primary N) is 1. The van der Waals surface area contributed by atoms with E-state index in [1.165, 1.54) is 18.4 Å². The van der Waals surface area contributed by atoms with Gasteiger partial charge in [0.05, 0.1) is 5.75 Å². The maximum absolute atomic E-state index is 12.0. The van der Waals surface area contributed by atoms with E-state index in [2.05, 4.69) is 50.4 Å². The number of carbonyl (C=O) groups is 1. The third kappa shape index (κ3) is 5.82. The molecule has 1 atom stereocenters. The quantitative estimate of drug-likeness (QED) is 0.779. The molecule has 22 heavy (non-hydrogen) atoms. The fourth-order valence-electron chi connectivity index (χ4n) is 2.32. The Morgan fingerprint density at radius 1 is 1.32 bits per heavy atom. The van der Waals surface area contributed by atoms with Gasteiger partial charge in [0.15, 0.2) is 0 Å². The Morgan fingerprint density at radius 2 is 1.91 bits per heavy atom. The molecule has 1 unspecified atom stereocenters. The van der Waals surface area contributed by atoms with E-state index in [4.69, 9.17) is 5.73 Å². The molecule has 1 aromatic carbocycles. The highest BCUT2D eigenvalue weighted by Crippen LogP contribution is 2.32. The average Bonchev–Trinajstić information content (AvgIpc) is 3.26. The van der Waals surface area contributed by atoms with Gasteiger partial charge in [-0.15, -0.1) is 24.2 Å². The third-order valence-corrected chi connectivity index (χ3v) is 4.89. The first-order valence-electron chi connectivity index (χ1n) is 7.63. The largest absolute Gasteiger partial charge is 0.351 e. The van der Waals surface area contributed by atoms with Gasteiger partial charge in [-0.1, -0.05) is 32.9 Å². The highest BCUT2D eigenvalue weighted by atomic mass is 35.5. The van der Waals surface area contributed by atoms with Crippen LogP contribution in [0.3, 0.4) is 0 Å². The summed E-state index contributed by atoms with van der Waals surface area (Å²) in [5.74, 6) is 1.15. The van der Waals surface area contributed by atoms with Crippen molar-refractivity contribution in [2.24, 2.45) is 11.7 Å². The molecule has 0 aromatic heterocycles. The summed E-state index contributed by atoms with van der Waals surface area (Å²) in [5, 5.41) is 3.05. The van der Waals surface area contributed by atoms with Crippen molar-refractivity contribution in [2.75, 3.05) is 12.3 Å². The molecular weight excluding hydrogens is 316 g/mol. The zero-order chi connectivity index (χ0) is 15.5. The minimum atomic E-state index is 0. The molecule has 1 aliphatic rings. The van der Waals surface area contributed by atoms with Crippen molar-refractivity contribution < 1.29 is 4.79 Å². The van der Waals surface area contributed by atoms with E-state index in [9.17, 15) is 4.79 Å². The number of thioether (sulfide) groups is 1. The minimum Gasteiger partial charge on any atom is -0.351 e. The maximum atomic E-state index is 12.0. The molecule has 3 N–H and O–H groups in total. The van der Waals surface area contributed by atoms with Crippen LogP contribution >= 0.6 is 24.2 Å². The van der Waals surface area contributed by atoms with Crippen LogP contribution in [-0.2, 0) is 10.2 Å². The summed E-state index contributed by atoms with van der Waals surface area (Å²) in [5.41, 5.74) is 7.18. The SMILES string of the molecule is CC(C)(C)c1ccc(SCC(=O)NC(CN)C2CC2)cc1.Cl.